The standard InChI is InChI=1S/C13H19N3O2/c1-18-12-7-3-2-6-11(12)15-13(17)16-8-4-5-10(14)9-16/h2-3,6-7,10H,4-5,8-9,14H2,1H3,(H,15,17)/t10-/m1/s1. The Morgan fingerprint density at radius 1 is 1.50 bits per heavy atom. The summed E-state index contributed by atoms with van der Waals surface area (Å²) >= 11 is 0. The van der Waals surface area contributed by atoms with Gasteiger partial charge in [0.15, 0.2) is 0 Å². The van der Waals surface area contributed by atoms with Gasteiger partial charge in [-0.2, -0.15) is 0 Å². The van der Waals surface area contributed by atoms with Crippen LogP contribution in [-0.4, -0.2) is 37.2 Å². The molecule has 1 heterocycles. The number of benzene rings is 1. The zero-order valence-corrected chi connectivity index (χ0v) is 10.6. The van der Waals surface area contributed by atoms with Crippen molar-refractivity contribution < 1.29 is 9.53 Å². The van der Waals surface area contributed by atoms with E-state index in [-0.39, 0.29) is 12.1 Å². The number of hydrogen-bond donors (Lipinski definition) is 2. The van der Waals surface area contributed by atoms with Crippen molar-refractivity contribution in [3.05, 3.63) is 24.3 Å². The number of rotatable bonds is 2. The smallest absolute Gasteiger partial charge is 0.322 e. The van der Waals surface area contributed by atoms with Crippen LogP contribution >= 0.6 is 0 Å². The van der Waals surface area contributed by atoms with E-state index in [1.165, 1.54) is 0 Å². The summed E-state index contributed by atoms with van der Waals surface area (Å²) in [6.45, 7) is 1.37. The molecule has 18 heavy (non-hydrogen) atoms. The Morgan fingerprint density at radius 2 is 2.28 bits per heavy atom. The van der Waals surface area contributed by atoms with Crippen molar-refractivity contribution in [3.63, 3.8) is 0 Å². The maximum atomic E-state index is 12.1. The summed E-state index contributed by atoms with van der Waals surface area (Å²) in [4.78, 5) is 13.8. The summed E-state index contributed by atoms with van der Waals surface area (Å²) in [5.41, 5.74) is 6.55. The Hall–Kier alpha value is -1.75. The molecule has 1 atom stereocenters. The molecular weight excluding hydrogens is 230 g/mol. The van der Waals surface area contributed by atoms with Crippen molar-refractivity contribution in [3.8, 4) is 5.75 Å². The molecule has 0 radical (unpaired) electrons. The monoisotopic (exact) mass is 249 g/mol. The highest BCUT2D eigenvalue weighted by Crippen LogP contribution is 2.23. The zero-order chi connectivity index (χ0) is 13.0. The van der Waals surface area contributed by atoms with Gasteiger partial charge < -0.3 is 20.7 Å². The van der Waals surface area contributed by atoms with Gasteiger partial charge in [0.2, 0.25) is 0 Å². The largest absolute Gasteiger partial charge is 0.495 e. The molecular formula is C13H19N3O2. The van der Waals surface area contributed by atoms with E-state index in [9.17, 15) is 4.79 Å². The lowest BCUT2D eigenvalue weighted by atomic mass is 10.1. The van der Waals surface area contributed by atoms with Gasteiger partial charge in [-0.3, -0.25) is 0 Å². The SMILES string of the molecule is COc1ccccc1NC(=O)N1CCC[C@@H](N)C1. The van der Waals surface area contributed by atoms with Gasteiger partial charge in [-0.05, 0) is 25.0 Å². The highest BCUT2D eigenvalue weighted by molar-refractivity contribution is 5.91. The molecule has 3 N–H and O–H groups in total. The second-order valence-electron chi connectivity index (χ2n) is 4.48. The number of methoxy groups -OCH3 is 1. The number of likely N-dealkylation sites (tertiary alicyclic amines) is 1. The van der Waals surface area contributed by atoms with Crippen LogP contribution in [0.5, 0.6) is 5.75 Å². The Balaban J connectivity index is 2.02. The van der Waals surface area contributed by atoms with Crippen LogP contribution in [0, 0.1) is 0 Å². The molecule has 5 heteroatoms. The number of anilines is 1. The van der Waals surface area contributed by atoms with Crippen LogP contribution in [0.1, 0.15) is 12.8 Å². The minimum absolute atomic E-state index is 0.0853. The van der Waals surface area contributed by atoms with E-state index >= 15 is 0 Å². The van der Waals surface area contributed by atoms with Crippen LogP contribution in [0.4, 0.5) is 10.5 Å². The molecule has 0 unspecified atom stereocenters. The summed E-state index contributed by atoms with van der Waals surface area (Å²) in [6, 6.07) is 7.33. The highest BCUT2D eigenvalue weighted by atomic mass is 16.5. The predicted molar refractivity (Wildman–Crippen MR) is 70.8 cm³/mol. The minimum Gasteiger partial charge on any atom is -0.495 e. The Bertz CT molecular complexity index is 422. The quantitative estimate of drug-likeness (QED) is 0.837. The van der Waals surface area contributed by atoms with Gasteiger partial charge >= 0.3 is 6.03 Å². The first kappa shape index (κ1) is 12.7. The first-order valence-electron chi connectivity index (χ1n) is 6.15. The van der Waals surface area contributed by atoms with Crippen LogP contribution in [0.25, 0.3) is 0 Å². The lowest BCUT2D eigenvalue weighted by Gasteiger charge is -2.30. The van der Waals surface area contributed by atoms with Crippen molar-refractivity contribution in [2.75, 3.05) is 25.5 Å². The Morgan fingerprint density at radius 3 is 3.00 bits per heavy atom. The number of ether oxygens (including phenoxy) is 1. The number of amides is 2. The highest BCUT2D eigenvalue weighted by Gasteiger charge is 2.21. The maximum Gasteiger partial charge on any atom is 0.322 e. The summed E-state index contributed by atoms with van der Waals surface area (Å²) < 4.78 is 5.20. The van der Waals surface area contributed by atoms with Crippen LogP contribution in [-0.2, 0) is 0 Å². The van der Waals surface area contributed by atoms with Gasteiger partial charge in [-0.15, -0.1) is 0 Å². The van der Waals surface area contributed by atoms with Gasteiger partial charge in [0.25, 0.3) is 0 Å². The van der Waals surface area contributed by atoms with Gasteiger partial charge in [-0.1, -0.05) is 12.1 Å². The first-order valence-corrected chi connectivity index (χ1v) is 6.15. The lowest BCUT2D eigenvalue weighted by Crippen LogP contribution is -2.47. The van der Waals surface area contributed by atoms with Gasteiger partial charge in [-0.25, -0.2) is 4.79 Å². The van der Waals surface area contributed by atoms with E-state index in [0.29, 0.717) is 18.0 Å². The van der Waals surface area contributed by atoms with E-state index < -0.39 is 0 Å². The molecule has 0 spiro atoms. The molecule has 2 rings (SSSR count). The van der Waals surface area contributed by atoms with E-state index in [0.717, 1.165) is 19.4 Å². The fourth-order valence-electron chi connectivity index (χ4n) is 2.14. The number of urea groups is 1. The molecule has 1 aromatic rings. The topological polar surface area (TPSA) is 67.6 Å². The van der Waals surface area contributed by atoms with E-state index in [4.69, 9.17) is 10.5 Å². The molecule has 1 saturated heterocycles. The van der Waals surface area contributed by atoms with Crippen molar-refractivity contribution in [2.45, 2.75) is 18.9 Å². The van der Waals surface area contributed by atoms with Gasteiger partial charge in [0.1, 0.15) is 5.75 Å². The van der Waals surface area contributed by atoms with E-state index in [1.54, 1.807) is 12.0 Å². The zero-order valence-electron chi connectivity index (χ0n) is 10.6. The molecule has 0 saturated carbocycles. The number of carbonyl (C=O) groups excluding carboxylic acids is 1. The molecule has 5 nitrogen and oxygen atoms in total. The number of para-hydroxylation sites is 2. The molecule has 98 valence electrons. The number of nitrogens with two attached hydrogens (primary N) is 1. The third-order valence-corrected chi connectivity index (χ3v) is 3.09. The van der Waals surface area contributed by atoms with E-state index in [2.05, 4.69) is 5.32 Å². The Kier molecular flexibility index (Phi) is 4.04. The number of hydrogen-bond acceptors (Lipinski definition) is 3. The third kappa shape index (κ3) is 2.92. The lowest BCUT2D eigenvalue weighted by molar-refractivity contribution is 0.193. The summed E-state index contributed by atoms with van der Waals surface area (Å²) in [5.74, 6) is 0.659. The summed E-state index contributed by atoms with van der Waals surface area (Å²) in [6.07, 6.45) is 1.94. The summed E-state index contributed by atoms with van der Waals surface area (Å²) in [5, 5.41) is 2.86. The fraction of sp³-hybridized carbons (Fsp3) is 0.462. The number of nitrogens with zero attached hydrogens (tertiary/aromatic N) is 1. The summed E-state index contributed by atoms with van der Waals surface area (Å²) in [7, 11) is 1.59. The average molecular weight is 249 g/mol. The first-order chi connectivity index (χ1) is 8.70. The predicted octanol–water partition coefficient (Wildman–Crippen LogP) is 1.65. The molecule has 1 fully saturated rings. The van der Waals surface area contributed by atoms with E-state index in [1.807, 2.05) is 24.3 Å². The minimum atomic E-state index is -0.116. The molecule has 0 aliphatic carbocycles. The van der Waals surface area contributed by atoms with Crippen LogP contribution in [0.3, 0.4) is 0 Å². The second kappa shape index (κ2) is 5.73. The third-order valence-electron chi connectivity index (χ3n) is 3.09. The Labute approximate surface area is 107 Å². The fourth-order valence-corrected chi connectivity index (χ4v) is 2.14. The number of nitrogens with one attached hydrogen (secondary N) is 1. The number of carbonyl (C=O) groups is 1. The number of piperidine rings is 1. The average Bonchev–Trinajstić information content (AvgIpc) is 2.39. The van der Waals surface area contributed by atoms with Crippen molar-refractivity contribution >= 4 is 11.7 Å². The van der Waals surface area contributed by atoms with Gasteiger partial charge in [0, 0.05) is 19.1 Å². The maximum absolute atomic E-state index is 12.1. The van der Waals surface area contributed by atoms with Crippen LogP contribution in [0.2, 0.25) is 0 Å². The molecule has 2 amide bonds. The van der Waals surface area contributed by atoms with Crippen molar-refractivity contribution in [1.82, 2.24) is 4.90 Å². The van der Waals surface area contributed by atoms with Crippen LogP contribution < -0.4 is 15.8 Å². The molecule has 0 bridgehead atoms. The van der Waals surface area contributed by atoms with Crippen molar-refractivity contribution in [2.24, 2.45) is 5.73 Å². The molecule has 1 aromatic carbocycles. The van der Waals surface area contributed by atoms with Crippen LogP contribution in [0.15, 0.2) is 24.3 Å². The molecule has 1 aliphatic rings. The second-order valence-corrected chi connectivity index (χ2v) is 4.48. The normalized spacial score (nSPS) is 19.4. The molecule has 1 aliphatic heterocycles. The molecule has 0 aromatic heterocycles. The van der Waals surface area contributed by atoms with Crippen molar-refractivity contribution in [1.29, 1.82) is 0 Å². The van der Waals surface area contributed by atoms with Gasteiger partial charge in [0.05, 0.1) is 12.8 Å².